The summed E-state index contributed by atoms with van der Waals surface area (Å²) < 4.78 is 21.9. The summed E-state index contributed by atoms with van der Waals surface area (Å²) in [6.07, 6.45) is 12.7. The van der Waals surface area contributed by atoms with Crippen LogP contribution in [0.15, 0.2) is 24.5 Å². The molecule has 0 amide bonds. The number of fused-ring (bicyclic) bond motifs is 6. The van der Waals surface area contributed by atoms with Gasteiger partial charge in [0.1, 0.15) is 5.60 Å². The maximum Gasteiger partial charge on any atom is 0.187 e. The molecule has 0 N–H and O–H groups in total. The van der Waals surface area contributed by atoms with E-state index in [0.29, 0.717) is 0 Å². The fourth-order valence-electron chi connectivity index (χ4n) is 7.72. The van der Waals surface area contributed by atoms with E-state index < -0.39 is 33.0 Å². The SMILES string of the molecule is CCC1O[Si](C)(C)CCC[Si]2(CCCc3ccncc3)CCC[Si](C)(C)OC(CC)C1(C)O[Si](C)(C)CCC2. The van der Waals surface area contributed by atoms with Crippen molar-refractivity contribution >= 4 is 33.0 Å². The lowest BCUT2D eigenvalue weighted by Crippen LogP contribution is -2.61. The van der Waals surface area contributed by atoms with E-state index in [2.05, 4.69) is 77.2 Å². The van der Waals surface area contributed by atoms with Crippen molar-refractivity contribution in [3.63, 3.8) is 0 Å². The molecule has 1 aromatic rings. The molecular formula is C31H61NO3Si4. The smallest absolute Gasteiger partial charge is 0.187 e. The summed E-state index contributed by atoms with van der Waals surface area (Å²) in [4.78, 5) is 4.24. The van der Waals surface area contributed by atoms with Crippen molar-refractivity contribution in [2.24, 2.45) is 0 Å². The molecule has 0 aliphatic carbocycles. The minimum absolute atomic E-state index is 0.103. The summed E-state index contributed by atoms with van der Waals surface area (Å²) in [7, 11) is -7.08. The van der Waals surface area contributed by atoms with Gasteiger partial charge < -0.3 is 13.3 Å². The molecule has 2 aliphatic heterocycles. The van der Waals surface area contributed by atoms with Crippen LogP contribution in [-0.2, 0) is 19.7 Å². The van der Waals surface area contributed by atoms with Crippen molar-refractivity contribution in [2.75, 3.05) is 0 Å². The highest BCUT2D eigenvalue weighted by Gasteiger charge is 2.50. The molecule has 8 heteroatoms. The van der Waals surface area contributed by atoms with Crippen LogP contribution < -0.4 is 0 Å². The average Bonchev–Trinajstić information content (AvgIpc) is 2.85. The van der Waals surface area contributed by atoms with E-state index in [4.69, 9.17) is 13.3 Å². The van der Waals surface area contributed by atoms with Gasteiger partial charge in [0.25, 0.3) is 0 Å². The van der Waals surface area contributed by atoms with Crippen LogP contribution in [0.5, 0.6) is 0 Å². The summed E-state index contributed by atoms with van der Waals surface area (Å²) in [5, 5.41) is 0. The lowest BCUT2D eigenvalue weighted by atomic mass is 9.89. The van der Waals surface area contributed by atoms with Gasteiger partial charge in [-0.05, 0) is 101 Å². The van der Waals surface area contributed by atoms with Gasteiger partial charge in [-0.3, -0.25) is 4.98 Å². The van der Waals surface area contributed by atoms with Crippen molar-refractivity contribution in [3.05, 3.63) is 30.1 Å². The molecule has 2 unspecified atom stereocenters. The Labute approximate surface area is 245 Å². The van der Waals surface area contributed by atoms with E-state index in [1.807, 2.05) is 12.4 Å². The number of hydrogen-bond donors (Lipinski definition) is 0. The fraction of sp³-hybridized carbons (Fsp3) is 0.839. The van der Waals surface area contributed by atoms with Crippen LogP contribution in [0.25, 0.3) is 0 Å². The zero-order chi connectivity index (χ0) is 28.8. The Hall–Kier alpha value is -0.102. The maximum absolute atomic E-state index is 7.45. The third-order valence-corrected chi connectivity index (χ3v) is 23.0. The van der Waals surface area contributed by atoms with E-state index in [-0.39, 0.29) is 17.8 Å². The predicted octanol–water partition coefficient (Wildman–Crippen LogP) is 9.64. The van der Waals surface area contributed by atoms with Gasteiger partial charge in [0.2, 0.25) is 0 Å². The highest BCUT2D eigenvalue weighted by atomic mass is 28.4. The molecule has 2 aliphatic rings. The van der Waals surface area contributed by atoms with Gasteiger partial charge in [-0.1, -0.05) is 63.7 Å². The molecular weight excluding hydrogens is 547 g/mol. The summed E-state index contributed by atoms with van der Waals surface area (Å²) >= 11 is 0. The molecule has 224 valence electrons. The van der Waals surface area contributed by atoms with Crippen LogP contribution in [0.2, 0.25) is 81.6 Å². The minimum atomic E-state index is -1.93. The summed E-state index contributed by atoms with van der Waals surface area (Å²) in [6.45, 7) is 21.8. The van der Waals surface area contributed by atoms with Gasteiger partial charge in [-0.25, -0.2) is 0 Å². The highest BCUT2D eigenvalue weighted by molar-refractivity contribution is 6.80. The van der Waals surface area contributed by atoms with Crippen LogP contribution in [0, 0.1) is 0 Å². The van der Waals surface area contributed by atoms with Gasteiger partial charge in [0.15, 0.2) is 25.0 Å². The van der Waals surface area contributed by atoms with Crippen molar-refractivity contribution in [2.45, 2.75) is 165 Å². The summed E-state index contributed by atoms with van der Waals surface area (Å²) in [5.41, 5.74) is 1.07. The van der Waals surface area contributed by atoms with Crippen LogP contribution in [0.4, 0.5) is 0 Å². The van der Waals surface area contributed by atoms with Crippen molar-refractivity contribution < 1.29 is 13.3 Å². The lowest BCUT2D eigenvalue weighted by Gasteiger charge is -2.50. The Kier molecular flexibility index (Phi) is 11.9. The largest absolute Gasteiger partial charge is 0.411 e. The summed E-state index contributed by atoms with van der Waals surface area (Å²) in [5.74, 6) is 0. The molecule has 4 nitrogen and oxygen atoms in total. The first kappa shape index (κ1) is 33.4. The normalized spacial score (nSPS) is 33.9. The first-order chi connectivity index (χ1) is 18.2. The van der Waals surface area contributed by atoms with E-state index in [1.165, 1.54) is 80.0 Å². The third kappa shape index (κ3) is 9.72. The Morgan fingerprint density at radius 1 is 0.744 bits per heavy atom. The summed E-state index contributed by atoms with van der Waals surface area (Å²) in [6, 6.07) is 14.2. The number of rotatable bonds is 6. The number of hydrogen-bond acceptors (Lipinski definition) is 4. The zero-order valence-corrected chi connectivity index (χ0v) is 31.0. The standard InChI is InChI=1S/C31H61NO3Si4/c1-10-29-31(3)30(11-2)34-37(6,7)22-14-26-39(25-13-21-36(4,5)33-29,27-15-23-38(8,9)35-31)24-12-16-28-17-19-32-20-18-28/h17-20,29-30H,10-16,21-27H2,1-9H3. The second kappa shape index (κ2) is 13.9. The van der Waals surface area contributed by atoms with Crippen LogP contribution in [0.1, 0.15) is 64.9 Å². The van der Waals surface area contributed by atoms with Crippen molar-refractivity contribution in [3.8, 4) is 0 Å². The zero-order valence-electron chi connectivity index (χ0n) is 27.0. The van der Waals surface area contributed by atoms with Gasteiger partial charge in [-0.2, -0.15) is 0 Å². The Balaban J connectivity index is 2.01. The minimum Gasteiger partial charge on any atom is -0.411 e. The van der Waals surface area contributed by atoms with Crippen molar-refractivity contribution in [1.82, 2.24) is 4.98 Å². The van der Waals surface area contributed by atoms with E-state index >= 15 is 0 Å². The monoisotopic (exact) mass is 607 g/mol. The van der Waals surface area contributed by atoms with Gasteiger partial charge in [0, 0.05) is 12.4 Å². The van der Waals surface area contributed by atoms with E-state index in [1.54, 1.807) is 0 Å². The highest BCUT2D eigenvalue weighted by Crippen LogP contribution is 2.42. The molecule has 0 radical (unpaired) electrons. The van der Waals surface area contributed by atoms with Gasteiger partial charge in [-0.15, -0.1) is 0 Å². The van der Waals surface area contributed by atoms with Crippen LogP contribution >= 0.6 is 0 Å². The topological polar surface area (TPSA) is 40.6 Å². The molecule has 3 heterocycles. The first-order valence-electron chi connectivity index (χ1n) is 16.2. The molecule has 3 rings (SSSR count). The molecule has 1 aromatic heterocycles. The Bertz CT molecular complexity index is 848. The fourth-order valence-corrected chi connectivity index (χ4v) is 21.2. The van der Waals surface area contributed by atoms with Crippen LogP contribution in [-0.4, -0.2) is 55.8 Å². The van der Waals surface area contributed by atoms with Crippen LogP contribution in [0.3, 0.4) is 0 Å². The first-order valence-corrected chi connectivity index (χ1v) is 28.4. The molecule has 2 atom stereocenters. The number of nitrogens with zero attached hydrogens (tertiary/aromatic N) is 1. The quantitative estimate of drug-likeness (QED) is 0.302. The number of aryl methyl sites for hydroxylation is 1. The van der Waals surface area contributed by atoms with E-state index in [9.17, 15) is 0 Å². The van der Waals surface area contributed by atoms with Crippen molar-refractivity contribution in [1.29, 1.82) is 0 Å². The van der Waals surface area contributed by atoms with Gasteiger partial charge >= 0.3 is 0 Å². The molecule has 2 bridgehead atoms. The Morgan fingerprint density at radius 2 is 1.21 bits per heavy atom. The molecule has 2 fully saturated rings. The molecule has 39 heavy (non-hydrogen) atoms. The third-order valence-electron chi connectivity index (χ3n) is 9.82. The molecule has 0 spiro atoms. The van der Waals surface area contributed by atoms with E-state index in [0.717, 1.165) is 12.8 Å². The maximum atomic E-state index is 7.45. The lowest BCUT2D eigenvalue weighted by molar-refractivity contribution is -0.111. The second-order valence-corrected chi connectivity index (χ2v) is 32.6. The van der Waals surface area contributed by atoms with Gasteiger partial charge in [0.05, 0.1) is 20.3 Å². The molecule has 0 saturated carbocycles. The number of aromatic nitrogens is 1. The Morgan fingerprint density at radius 3 is 1.67 bits per heavy atom. The molecule has 0 aromatic carbocycles. The molecule has 2 saturated heterocycles. The predicted molar refractivity (Wildman–Crippen MR) is 178 cm³/mol. The average molecular weight is 608 g/mol. The number of pyridine rings is 1. The second-order valence-electron chi connectivity index (χ2n) is 14.9.